The van der Waals surface area contributed by atoms with E-state index in [4.69, 9.17) is 5.11 Å². The van der Waals surface area contributed by atoms with Crippen LogP contribution in [0.5, 0.6) is 5.75 Å². The van der Waals surface area contributed by atoms with Crippen molar-refractivity contribution >= 4 is 0 Å². The molecule has 0 saturated carbocycles. The summed E-state index contributed by atoms with van der Waals surface area (Å²) in [4.78, 5) is 0. The van der Waals surface area contributed by atoms with Gasteiger partial charge in [0, 0.05) is 12.1 Å². The first-order valence-corrected chi connectivity index (χ1v) is 7.47. The van der Waals surface area contributed by atoms with Gasteiger partial charge in [0.05, 0.1) is 12.7 Å². The molecule has 0 aromatic heterocycles. The molecule has 2 aromatic rings. The summed E-state index contributed by atoms with van der Waals surface area (Å²) in [6.45, 7) is 1.02. The first kappa shape index (κ1) is 16.5. The molecule has 0 spiro atoms. The second-order valence-electron chi connectivity index (χ2n) is 5.28. The smallest absolute Gasteiger partial charge is 0.121 e. The van der Waals surface area contributed by atoms with E-state index in [0.29, 0.717) is 17.7 Å². The zero-order valence-electron chi connectivity index (χ0n) is 12.5. The fraction of sp³-hybridized carbons (Fsp3) is 0.333. The molecule has 2 rings (SSSR count). The lowest BCUT2D eigenvalue weighted by molar-refractivity contribution is 0.174. The van der Waals surface area contributed by atoms with Crippen LogP contribution in [0.25, 0.3) is 0 Å². The summed E-state index contributed by atoms with van der Waals surface area (Å²) in [7, 11) is 0. The van der Waals surface area contributed by atoms with Gasteiger partial charge in [0.15, 0.2) is 0 Å². The molecule has 2 aromatic carbocycles. The third kappa shape index (κ3) is 4.84. The SMILES string of the molecule is OCc1cc(C(O)CNCCCc2cc[c]cc2)ccc1O. The number of phenols is 1. The van der Waals surface area contributed by atoms with Crippen molar-refractivity contribution in [1.29, 1.82) is 0 Å². The maximum Gasteiger partial charge on any atom is 0.121 e. The monoisotopic (exact) mass is 300 g/mol. The van der Waals surface area contributed by atoms with Gasteiger partial charge < -0.3 is 20.6 Å². The Labute approximate surface area is 131 Å². The highest BCUT2D eigenvalue weighted by molar-refractivity contribution is 5.36. The highest BCUT2D eigenvalue weighted by atomic mass is 16.3. The number of aliphatic hydroxyl groups excluding tert-OH is 2. The average Bonchev–Trinajstić information content (AvgIpc) is 2.55. The largest absolute Gasteiger partial charge is 0.508 e. The van der Waals surface area contributed by atoms with Gasteiger partial charge in [-0.1, -0.05) is 30.3 Å². The van der Waals surface area contributed by atoms with Crippen molar-refractivity contribution in [1.82, 2.24) is 5.32 Å². The highest BCUT2D eigenvalue weighted by Crippen LogP contribution is 2.22. The summed E-state index contributed by atoms with van der Waals surface area (Å²) < 4.78 is 0. The Bertz CT molecular complexity index is 572. The fourth-order valence-corrected chi connectivity index (χ4v) is 2.30. The molecule has 0 aliphatic rings. The second kappa shape index (κ2) is 8.54. The predicted octanol–water partition coefficient (Wildman–Crippen LogP) is 1.94. The van der Waals surface area contributed by atoms with Gasteiger partial charge in [-0.25, -0.2) is 0 Å². The van der Waals surface area contributed by atoms with Crippen molar-refractivity contribution in [2.75, 3.05) is 13.1 Å². The first-order chi connectivity index (χ1) is 10.7. The Morgan fingerprint density at radius 1 is 1.14 bits per heavy atom. The quantitative estimate of drug-likeness (QED) is 0.562. The molecule has 0 heterocycles. The highest BCUT2D eigenvalue weighted by Gasteiger charge is 2.09. The molecule has 0 amide bonds. The number of hydrogen-bond donors (Lipinski definition) is 4. The number of aliphatic hydroxyl groups is 2. The van der Waals surface area contributed by atoms with Gasteiger partial charge in [-0.15, -0.1) is 0 Å². The molecule has 1 radical (unpaired) electrons. The zero-order valence-corrected chi connectivity index (χ0v) is 12.5. The fourth-order valence-electron chi connectivity index (χ4n) is 2.30. The molecule has 4 heteroatoms. The van der Waals surface area contributed by atoms with E-state index in [2.05, 4.69) is 23.5 Å². The van der Waals surface area contributed by atoms with E-state index in [0.717, 1.165) is 19.4 Å². The predicted molar refractivity (Wildman–Crippen MR) is 85.5 cm³/mol. The Morgan fingerprint density at radius 2 is 1.91 bits per heavy atom. The van der Waals surface area contributed by atoms with Gasteiger partial charge in [0.25, 0.3) is 0 Å². The van der Waals surface area contributed by atoms with Gasteiger partial charge in [-0.05, 0) is 48.7 Å². The average molecular weight is 300 g/mol. The van der Waals surface area contributed by atoms with Crippen molar-refractivity contribution < 1.29 is 15.3 Å². The van der Waals surface area contributed by atoms with Crippen LogP contribution in [-0.2, 0) is 13.0 Å². The van der Waals surface area contributed by atoms with E-state index < -0.39 is 6.10 Å². The van der Waals surface area contributed by atoms with Crippen LogP contribution in [0.1, 0.15) is 29.2 Å². The third-order valence-electron chi connectivity index (χ3n) is 3.60. The van der Waals surface area contributed by atoms with Crippen LogP contribution < -0.4 is 5.32 Å². The Morgan fingerprint density at radius 3 is 2.64 bits per heavy atom. The van der Waals surface area contributed by atoms with E-state index in [1.165, 1.54) is 11.6 Å². The summed E-state index contributed by atoms with van der Waals surface area (Å²) in [5.74, 6) is 0.0477. The molecule has 22 heavy (non-hydrogen) atoms. The molecule has 1 atom stereocenters. The molecule has 1 unspecified atom stereocenters. The summed E-state index contributed by atoms with van der Waals surface area (Å²) >= 11 is 0. The summed E-state index contributed by atoms with van der Waals surface area (Å²) in [5, 5.41) is 32.0. The lowest BCUT2D eigenvalue weighted by Gasteiger charge is -2.14. The second-order valence-corrected chi connectivity index (χ2v) is 5.28. The van der Waals surface area contributed by atoms with E-state index >= 15 is 0 Å². The van der Waals surface area contributed by atoms with Gasteiger partial charge in [0.1, 0.15) is 5.75 Å². The van der Waals surface area contributed by atoms with Crippen LogP contribution in [0.15, 0.2) is 42.5 Å². The number of aromatic hydroxyl groups is 1. The number of hydrogen-bond acceptors (Lipinski definition) is 4. The zero-order chi connectivity index (χ0) is 15.8. The molecule has 4 N–H and O–H groups in total. The van der Waals surface area contributed by atoms with E-state index in [1.54, 1.807) is 12.1 Å². The molecule has 117 valence electrons. The Kier molecular flexibility index (Phi) is 6.40. The van der Waals surface area contributed by atoms with Crippen LogP contribution in [0.4, 0.5) is 0 Å². The molecule has 0 bridgehead atoms. The lowest BCUT2D eigenvalue weighted by Crippen LogP contribution is -2.23. The summed E-state index contributed by atoms with van der Waals surface area (Å²) in [6.07, 6.45) is 1.33. The van der Waals surface area contributed by atoms with Gasteiger partial charge >= 0.3 is 0 Å². The normalized spacial score (nSPS) is 12.3. The van der Waals surface area contributed by atoms with Crippen molar-refractivity contribution in [2.24, 2.45) is 0 Å². The molecular weight excluding hydrogens is 278 g/mol. The molecule has 4 nitrogen and oxygen atoms in total. The van der Waals surface area contributed by atoms with Crippen LogP contribution in [0.2, 0.25) is 0 Å². The van der Waals surface area contributed by atoms with E-state index in [1.807, 2.05) is 12.1 Å². The maximum absolute atomic E-state index is 10.1. The van der Waals surface area contributed by atoms with Gasteiger partial charge in [-0.3, -0.25) is 0 Å². The summed E-state index contributed by atoms with van der Waals surface area (Å²) in [5.41, 5.74) is 2.40. The Balaban J connectivity index is 1.72. The van der Waals surface area contributed by atoms with Gasteiger partial charge in [-0.2, -0.15) is 0 Å². The summed E-state index contributed by atoms with van der Waals surface area (Å²) in [6, 6.07) is 15.7. The van der Waals surface area contributed by atoms with Crippen LogP contribution in [0, 0.1) is 6.07 Å². The van der Waals surface area contributed by atoms with Crippen LogP contribution in [0.3, 0.4) is 0 Å². The molecule has 0 saturated heterocycles. The van der Waals surface area contributed by atoms with E-state index in [-0.39, 0.29) is 12.4 Å². The number of nitrogens with one attached hydrogen (secondary N) is 1. The minimum absolute atomic E-state index is 0.0477. The third-order valence-corrected chi connectivity index (χ3v) is 3.60. The van der Waals surface area contributed by atoms with Crippen LogP contribution >= 0.6 is 0 Å². The molecule has 0 aliphatic carbocycles. The van der Waals surface area contributed by atoms with Crippen molar-refractivity contribution in [3.63, 3.8) is 0 Å². The van der Waals surface area contributed by atoms with Crippen LogP contribution in [-0.4, -0.2) is 28.4 Å². The van der Waals surface area contributed by atoms with Crippen molar-refractivity contribution in [3.05, 3.63) is 65.2 Å². The molecular formula is C18H22NO3. The standard InChI is InChI=1S/C18H22NO3/c20-13-16-11-15(8-9-17(16)21)18(22)12-19-10-4-7-14-5-2-1-3-6-14/h2-3,5-6,8-9,11,18-22H,4,7,10,12-13H2. The number of benzene rings is 2. The first-order valence-electron chi connectivity index (χ1n) is 7.47. The van der Waals surface area contributed by atoms with Crippen molar-refractivity contribution in [3.8, 4) is 5.75 Å². The molecule has 0 fully saturated rings. The lowest BCUT2D eigenvalue weighted by atomic mass is 10.1. The van der Waals surface area contributed by atoms with E-state index in [9.17, 15) is 10.2 Å². The number of aryl methyl sites for hydroxylation is 1. The minimum Gasteiger partial charge on any atom is -0.508 e. The Hall–Kier alpha value is -1.88. The molecule has 0 aliphatic heterocycles. The topological polar surface area (TPSA) is 72.7 Å². The minimum atomic E-state index is -0.655. The maximum atomic E-state index is 10.1. The number of rotatable bonds is 8. The van der Waals surface area contributed by atoms with Gasteiger partial charge in [0.2, 0.25) is 0 Å². The van der Waals surface area contributed by atoms with Crippen molar-refractivity contribution in [2.45, 2.75) is 25.6 Å².